The van der Waals surface area contributed by atoms with E-state index in [0.29, 0.717) is 19.8 Å². The normalized spacial score (nSPS) is 17.0. The Labute approximate surface area is 130 Å². The molecule has 0 unspecified atom stereocenters. The third kappa shape index (κ3) is 3.35. The van der Waals surface area contributed by atoms with Crippen molar-refractivity contribution in [2.75, 3.05) is 13.2 Å². The molecule has 3 rings (SSSR count). The molecule has 0 spiro atoms. The molecule has 6 nitrogen and oxygen atoms in total. The Morgan fingerprint density at radius 3 is 2.82 bits per heavy atom. The summed E-state index contributed by atoms with van der Waals surface area (Å²) in [5.74, 6) is -0.611. The van der Waals surface area contributed by atoms with Crippen molar-refractivity contribution in [3.05, 3.63) is 47.3 Å². The van der Waals surface area contributed by atoms with Crippen LogP contribution in [0.2, 0.25) is 0 Å². The summed E-state index contributed by atoms with van der Waals surface area (Å²) in [5, 5.41) is 11.9. The molecule has 0 aliphatic carbocycles. The largest absolute Gasteiger partial charge is 0.344 e. The minimum Gasteiger partial charge on any atom is -0.344 e. The van der Waals surface area contributed by atoms with Gasteiger partial charge in [0.1, 0.15) is 0 Å². The zero-order valence-electron chi connectivity index (χ0n) is 13.1. The average molecular weight is 302 g/mol. The van der Waals surface area contributed by atoms with Gasteiger partial charge in [-0.05, 0) is 25.5 Å². The van der Waals surface area contributed by atoms with Gasteiger partial charge in [0, 0.05) is 18.7 Å². The number of hydrogen-bond donors (Lipinski definition) is 1. The van der Waals surface area contributed by atoms with Gasteiger partial charge in [0.15, 0.2) is 5.79 Å². The van der Waals surface area contributed by atoms with Crippen LogP contribution in [0.4, 0.5) is 0 Å². The van der Waals surface area contributed by atoms with Crippen LogP contribution in [0.5, 0.6) is 0 Å². The van der Waals surface area contributed by atoms with E-state index in [1.54, 1.807) is 11.0 Å². The lowest BCUT2D eigenvalue weighted by Gasteiger charge is -2.23. The Balaban J connectivity index is 1.58. The van der Waals surface area contributed by atoms with Gasteiger partial charge in [0.2, 0.25) is 0 Å². The Morgan fingerprint density at radius 2 is 2.09 bits per heavy atom. The van der Waals surface area contributed by atoms with Gasteiger partial charge in [-0.15, -0.1) is 0 Å². The number of benzene rings is 1. The van der Waals surface area contributed by atoms with E-state index in [-0.39, 0.29) is 0 Å². The van der Waals surface area contributed by atoms with Crippen LogP contribution in [0.3, 0.4) is 0 Å². The minimum atomic E-state index is -0.611. The summed E-state index contributed by atoms with van der Waals surface area (Å²) in [5.41, 5.74) is 3.20. The fourth-order valence-corrected chi connectivity index (χ4v) is 2.55. The second-order valence-corrected chi connectivity index (χ2v) is 5.47. The molecule has 1 aromatic heterocycles. The van der Waals surface area contributed by atoms with E-state index in [9.17, 15) is 0 Å². The second-order valence-electron chi connectivity index (χ2n) is 5.47. The van der Waals surface area contributed by atoms with Gasteiger partial charge in [-0.25, -0.2) is 0 Å². The lowest BCUT2D eigenvalue weighted by Crippen LogP contribution is -2.23. The van der Waals surface area contributed by atoms with Crippen molar-refractivity contribution in [3.8, 4) is 0 Å². The Morgan fingerprint density at radius 1 is 1.27 bits per heavy atom. The third-order valence-electron chi connectivity index (χ3n) is 3.79. The summed E-state index contributed by atoms with van der Waals surface area (Å²) in [4.78, 5) is 1.69. The smallest absolute Gasteiger partial charge is 0.192 e. The molecule has 2 aromatic rings. The number of hydrogen-bond acceptors (Lipinski definition) is 5. The van der Waals surface area contributed by atoms with Crippen LogP contribution in [0, 0.1) is 0 Å². The minimum absolute atomic E-state index is 0.611. The molecule has 22 heavy (non-hydrogen) atoms. The summed E-state index contributed by atoms with van der Waals surface area (Å²) in [6.45, 7) is 7.54. The summed E-state index contributed by atoms with van der Waals surface area (Å²) in [6.07, 6.45) is 1.80. The van der Waals surface area contributed by atoms with E-state index >= 15 is 0 Å². The van der Waals surface area contributed by atoms with E-state index < -0.39 is 5.79 Å². The number of aryl methyl sites for hydroxylation is 1. The predicted octanol–water partition coefficient (Wildman–Crippen LogP) is 1.81. The number of rotatable bonds is 6. The van der Waals surface area contributed by atoms with E-state index in [0.717, 1.165) is 24.3 Å². The van der Waals surface area contributed by atoms with Crippen LogP contribution in [0.15, 0.2) is 30.5 Å². The van der Waals surface area contributed by atoms with Crippen molar-refractivity contribution < 1.29 is 9.47 Å². The van der Waals surface area contributed by atoms with Crippen LogP contribution in [0.1, 0.15) is 30.7 Å². The molecule has 1 N–H and O–H groups in total. The molecule has 118 valence electrons. The Kier molecular flexibility index (Phi) is 4.52. The lowest BCUT2D eigenvalue weighted by atomic mass is 10.0. The highest BCUT2D eigenvalue weighted by molar-refractivity contribution is 5.27. The van der Waals surface area contributed by atoms with Crippen molar-refractivity contribution in [2.45, 2.75) is 39.3 Å². The molecule has 0 radical (unpaired) electrons. The SMILES string of the molecule is CCn1ncc(CNCc2cccc(C3(C)OCCO3)c2)n1. The molecule has 0 bridgehead atoms. The number of nitrogens with one attached hydrogen (secondary N) is 1. The molecule has 1 fully saturated rings. The fourth-order valence-electron chi connectivity index (χ4n) is 2.55. The fraction of sp³-hybridized carbons (Fsp3) is 0.500. The second kappa shape index (κ2) is 6.56. The summed E-state index contributed by atoms with van der Waals surface area (Å²) >= 11 is 0. The topological polar surface area (TPSA) is 61.2 Å². The van der Waals surface area contributed by atoms with Crippen molar-refractivity contribution in [2.24, 2.45) is 0 Å². The first-order valence-electron chi connectivity index (χ1n) is 7.66. The maximum atomic E-state index is 5.71. The maximum absolute atomic E-state index is 5.71. The van der Waals surface area contributed by atoms with Crippen LogP contribution in [0.25, 0.3) is 0 Å². The van der Waals surface area contributed by atoms with Crippen LogP contribution >= 0.6 is 0 Å². The number of aromatic nitrogens is 3. The zero-order valence-corrected chi connectivity index (χ0v) is 13.1. The highest BCUT2D eigenvalue weighted by Crippen LogP contribution is 2.31. The van der Waals surface area contributed by atoms with E-state index in [1.165, 1.54) is 5.56 Å². The van der Waals surface area contributed by atoms with E-state index in [1.807, 2.05) is 26.0 Å². The molecule has 0 saturated carbocycles. The molecule has 1 aliphatic heterocycles. The van der Waals surface area contributed by atoms with Crippen molar-refractivity contribution >= 4 is 0 Å². The van der Waals surface area contributed by atoms with Gasteiger partial charge >= 0.3 is 0 Å². The third-order valence-corrected chi connectivity index (χ3v) is 3.79. The number of ether oxygens (including phenoxy) is 2. The summed E-state index contributed by atoms with van der Waals surface area (Å²) in [7, 11) is 0. The Hall–Kier alpha value is -1.76. The molecule has 6 heteroatoms. The van der Waals surface area contributed by atoms with Crippen molar-refractivity contribution in [1.82, 2.24) is 20.3 Å². The molecule has 1 aromatic carbocycles. The van der Waals surface area contributed by atoms with Crippen LogP contribution < -0.4 is 5.32 Å². The molecular formula is C16H22N4O2. The molecule has 0 atom stereocenters. The van der Waals surface area contributed by atoms with Gasteiger partial charge < -0.3 is 14.8 Å². The van der Waals surface area contributed by atoms with Gasteiger partial charge in [0.05, 0.1) is 31.6 Å². The van der Waals surface area contributed by atoms with Gasteiger partial charge in [-0.1, -0.05) is 18.2 Å². The zero-order chi connectivity index (χ0) is 15.4. The monoisotopic (exact) mass is 302 g/mol. The molecule has 1 aliphatic rings. The summed E-state index contributed by atoms with van der Waals surface area (Å²) < 4.78 is 11.4. The van der Waals surface area contributed by atoms with Crippen molar-refractivity contribution in [3.63, 3.8) is 0 Å². The van der Waals surface area contributed by atoms with Gasteiger partial charge in [-0.2, -0.15) is 15.0 Å². The quantitative estimate of drug-likeness (QED) is 0.882. The highest BCUT2D eigenvalue weighted by Gasteiger charge is 2.32. The van der Waals surface area contributed by atoms with E-state index in [4.69, 9.17) is 9.47 Å². The molecule has 1 saturated heterocycles. The standard InChI is InChI=1S/C16H22N4O2/c1-3-20-18-12-15(19-20)11-17-10-13-5-4-6-14(9-13)16(2)21-7-8-22-16/h4-6,9,12,17H,3,7-8,10-11H2,1-2H3. The van der Waals surface area contributed by atoms with Crippen LogP contribution in [-0.4, -0.2) is 28.2 Å². The highest BCUT2D eigenvalue weighted by atomic mass is 16.7. The number of nitrogens with zero attached hydrogens (tertiary/aromatic N) is 3. The van der Waals surface area contributed by atoms with Gasteiger partial charge in [-0.3, -0.25) is 0 Å². The summed E-state index contributed by atoms with van der Waals surface area (Å²) in [6, 6.07) is 8.30. The first-order valence-corrected chi connectivity index (χ1v) is 7.66. The first kappa shape index (κ1) is 15.1. The van der Waals surface area contributed by atoms with E-state index in [2.05, 4.69) is 27.6 Å². The first-order chi connectivity index (χ1) is 10.7. The molecular weight excluding hydrogens is 280 g/mol. The van der Waals surface area contributed by atoms with Gasteiger partial charge in [0.25, 0.3) is 0 Å². The maximum Gasteiger partial charge on any atom is 0.192 e. The molecule has 0 amide bonds. The Bertz CT molecular complexity index is 620. The predicted molar refractivity (Wildman–Crippen MR) is 81.9 cm³/mol. The van der Waals surface area contributed by atoms with Crippen LogP contribution in [-0.2, 0) is 34.9 Å². The van der Waals surface area contributed by atoms with Crippen molar-refractivity contribution in [1.29, 1.82) is 0 Å². The average Bonchev–Trinajstić information content (AvgIpc) is 3.17. The molecule has 2 heterocycles. The lowest BCUT2D eigenvalue weighted by molar-refractivity contribution is -0.149.